The van der Waals surface area contributed by atoms with E-state index in [-0.39, 0.29) is 0 Å². The molecule has 2 heterocycles. The van der Waals surface area contributed by atoms with Crippen LogP contribution in [0.25, 0.3) is 10.8 Å². The maximum Gasteiger partial charge on any atom is 0.0529 e. The summed E-state index contributed by atoms with van der Waals surface area (Å²) in [7, 11) is 0. The lowest BCUT2D eigenvalue weighted by atomic mass is 10.1. The first kappa shape index (κ1) is 11.7. The van der Waals surface area contributed by atoms with Gasteiger partial charge in [-0.2, -0.15) is 0 Å². The molecule has 1 aromatic carbocycles. The molecule has 0 atom stereocenters. The zero-order valence-electron chi connectivity index (χ0n) is 10.8. The monoisotopic (exact) mass is 249 g/mol. The molecular weight excluding hydrogens is 234 g/mol. The summed E-state index contributed by atoms with van der Waals surface area (Å²) >= 11 is 0. The van der Waals surface area contributed by atoms with Crippen molar-refractivity contribution in [3.63, 3.8) is 0 Å². The lowest BCUT2D eigenvalue weighted by Crippen LogP contribution is -1.99. The molecule has 3 nitrogen and oxygen atoms in total. The average molecular weight is 249 g/mol. The van der Waals surface area contributed by atoms with E-state index >= 15 is 0 Å². The molecule has 1 N–H and O–H groups in total. The highest BCUT2D eigenvalue weighted by molar-refractivity contribution is 5.82. The molecule has 19 heavy (non-hydrogen) atoms. The van der Waals surface area contributed by atoms with Gasteiger partial charge < -0.3 is 5.32 Å². The van der Waals surface area contributed by atoms with E-state index in [1.54, 1.807) is 0 Å². The van der Waals surface area contributed by atoms with Gasteiger partial charge in [-0.05, 0) is 42.1 Å². The lowest BCUT2D eigenvalue weighted by molar-refractivity contribution is 1.12. The predicted octanol–water partition coefficient (Wildman–Crippen LogP) is 3.55. The number of hydrogen-bond acceptors (Lipinski definition) is 3. The summed E-state index contributed by atoms with van der Waals surface area (Å²) in [6, 6.07) is 12.5. The molecule has 0 aliphatic heterocycles. The summed E-state index contributed by atoms with van der Waals surface area (Å²) in [6.45, 7) is 2.78. The number of nitrogens with zero attached hydrogens (tertiary/aromatic N) is 2. The third kappa shape index (κ3) is 2.71. The van der Waals surface area contributed by atoms with Crippen LogP contribution in [0.5, 0.6) is 0 Å². The number of benzene rings is 1. The van der Waals surface area contributed by atoms with Crippen molar-refractivity contribution >= 4 is 16.5 Å². The van der Waals surface area contributed by atoms with Crippen LogP contribution in [0.3, 0.4) is 0 Å². The number of pyridine rings is 2. The highest BCUT2D eigenvalue weighted by atomic mass is 14.9. The fourth-order valence-electron chi connectivity index (χ4n) is 2.02. The number of hydrogen-bond donors (Lipinski definition) is 1. The first-order valence-corrected chi connectivity index (χ1v) is 6.30. The molecule has 0 aliphatic carbocycles. The number of aryl methyl sites for hydroxylation is 1. The minimum atomic E-state index is 0.795. The Labute approximate surface area is 112 Å². The molecule has 0 spiro atoms. The van der Waals surface area contributed by atoms with E-state index in [1.807, 2.05) is 43.7 Å². The Kier molecular flexibility index (Phi) is 3.11. The normalized spacial score (nSPS) is 10.6. The quantitative estimate of drug-likeness (QED) is 0.771. The molecule has 0 amide bonds. The first-order chi connectivity index (χ1) is 9.31. The van der Waals surface area contributed by atoms with Crippen molar-refractivity contribution in [2.45, 2.75) is 13.5 Å². The summed E-state index contributed by atoms with van der Waals surface area (Å²) < 4.78 is 0. The van der Waals surface area contributed by atoms with Gasteiger partial charge in [-0.15, -0.1) is 0 Å². The largest absolute Gasteiger partial charge is 0.380 e. The van der Waals surface area contributed by atoms with Gasteiger partial charge in [-0.3, -0.25) is 9.97 Å². The average Bonchev–Trinajstić information content (AvgIpc) is 2.46. The van der Waals surface area contributed by atoms with Gasteiger partial charge in [0, 0.05) is 30.0 Å². The number of fused-ring (bicyclic) bond motifs is 1. The molecule has 0 saturated heterocycles. The summed E-state index contributed by atoms with van der Waals surface area (Å²) in [4.78, 5) is 8.39. The molecule has 0 saturated carbocycles. The summed E-state index contributed by atoms with van der Waals surface area (Å²) in [5, 5.41) is 5.76. The second kappa shape index (κ2) is 5.06. The topological polar surface area (TPSA) is 37.8 Å². The highest BCUT2D eigenvalue weighted by Crippen LogP contribution is 2.15. The molecule has 3 rings (SSSR count). The van der Waals surface area contributed by atoms with E-state index in [0.29, 0.717) is 0 Å². The van der Waals surface area contributed by atoms with Gasteiger partial charge in [0.05, 0.1) is 11.9 Å². The van der Waals surface area contributed by atoms with Crippen molar-refractivity contribution in [1.82, 2.24) is 9.97 Å². The zero-order chi connectivity index (χ0) is 13.1. The Morgan fingerprint density at radius 1 is 1.00 bits per heavy atom. The van der Waals surface area contributed by atoms with Crippen molar-refractivity contribution in [2.24, 2.45) is 0 Å². The van der Waals surface area contributed by atoms with E-state index in [9.17, 15) is 0 Å². The Morgan fingerprint density at radius 2 is 1.95 bits per heavy atom. The number of anilines is 1. The second-order valence-corrected chi connectivity index (χ2v) is 4.60. The molecule has 3 heteroatoms. The van der Waals surface area contributed by atoms with Crippen LogP contribution >= 0.6 is 0 Å². The Hall–Kier alpha value is -2.42. The third-order valence-electron chi connectivity index (χ3n) is 3.11. The van der Waals surface area contributed by atoms with E-state index in [2.05, 4.69) is 33.5 Å². The second-order valence-electron chi connectivity index (χ2n) is 4.60. The molecule has 0 fully saturated rings. The minimum Gasteiger partial charge on any atom is -0.380 e. The van der Waals surface area contributed by atoms with Crippen LogP contribution < -0.4 is 5.32 Å². The predicted molar refractivity (Wildman–Crippen MR) is 78.0 cm³/mol. The van der Waals surface area contributed by atoms with E-state index in [1.165, 1.54) is 16.3 Å². The van der Waals surface area contributed by atoms with Crippen LogP contribution in [-0.2, 0) is 6.54 Å². The smallest absolute Gasteiger partial charge is 0.0529 e. The van der Waals surface area contributed by atoms with Gasteiger partial charge in [0.15, 0.2) is 0 Å². The van der Waals surface area contributed by atoms with Crippen molar-refractivity contribution in [1.29, 1.82) is 0 Å². The van der Waals surface area contributed by atoms with Crippen LogP contribution in [-0.4, -0.2) is 9.97 Å². The van der Waals surface area contributed by atoms with Crippen LogP contribution in [0, 0.1) is 6.92 Å². The van der Waals surface area contributed by atoms with Crippen molar-refractivity contribution in [2.75, 3.05) is 5.32 Å². The highest BCUT2D eigenvalue weighted by Gasteiger charge is 1.97. The van der Waals surface area contributed by atoms with Gasteiger partial charge in [0.1, 0.15) is 0 Å². The van der Waals surface area contributed by atoms with Crippen molar-refractivity contribution in [3.8, 4) is 0 Å². The van der Waals surface area contributed by atoms with E-state index in [4.69, 9.17) is 0 Å². The maximum absolute atomic E-state index is 4.27. The number of nitrogens with one attached hydrogen (secondary N) is 1. The van der Waals surface area contributed by atoms with Crippen molar-refractivity contribution in [3.05, 3.63) is 66.2 Å². The molecule has 0 unspecified atom stereocenters. The maximum atomic E-state index is 4.27. The summed E-state index contributed by atoms with van der Waals surface area (Å²) in [5.41, 5.74) is 3.32. The fourth-order valence-corrected chi connectivity index (χ4v) is 2.02. The number of aromatic nitrogens is 2. The molecular formula is C16H15N3. The molecule has 2 aromatic heterocycles. The lowest BCUT2D eigenvalue weighted by Gasteiger charge is -2.07. The molecule has 94 valence electrons. The Morgan fingerprint density at radius 3 is 2.79 bits per heavy atom. The summed E-state index contributed by atoms with van der Waals surface area (Å²) in [5.74, 6) is 0. The SMILES string of the molecule is Cc1ccc(NCc2ccc3cnccc3c2)cn1. The zero-order valence-corrected chi connectivity index (χ0v) is 10.8. The van der Waals surface area contributed by atoms with Crippen LogP contribution in [0.15, 0.2) is 55.0 Å². The van der Waals surface area contributed by atoms with Gasteiger partial charge in [0.25, 0.3) is 0 Å². The van der Waals surface area contributed by atoms with Gasteiger partial charge >= 0.3 is 0 Å². The molecule has 0 bridgehead atoms. The van der Waals surface area contributed by atoms with Crippen molar-refractivity contribution < 1.29 is 0 Å². The third-order valence-corrected chi connectivity index (χ3v) is 3.11. The Balaban J connectivity index is 1.76. The van der Waals surface area contributed by atoms with Crippen LogP contribution in [0.1, 0.15) is 11.3 Å². The molecule has 0 aliphatic rings. The van der Waals surface area contributed by atoms with Crippen LogP contribution in [0.4, 0.5) is 5.69 Å². The van der Waals surface area contributed by atoms with Gasteiger partial charge in [-0.25, -0.2) is 0 Å². The molecule has 0 radical (unpaired) electrons. The minimum absolute atomic E-state index is 0.795. The first-order valence-electron chi connectivity index (χ1n) is 6.30. The van der Waals surface area contributed by atoms with Crippen LogP contribution in [0.2, 0.25) is 0 Å². The molecule has 3 aromatic rings. The van der Waals surface area contributed by atoms with Gasteiger partial charge in [-0.1, -0.05) is 12.1 Å². The number of rotatable bonds is 3. The van der Waals surface area contributed by atoms with E-state index < -0.39 is 0 Å². The van der Waals surface area contributed by atoms with Gasteiger partial charge in [0.2, 0.25) is 0 Å². The standard InChI is InChI=1S/C16H15N3/c1-12-2-5-16(11-18-12)19-9-13-3-4-15-10-17-7-6-14(15)8-13/h2-8,10-11,19H,9H2,1H3. The fraction of sp³-hybridized carbons (Fsp3) is 0.125. The summed E-state index contributed by atoms with van der Waals surface area (Å²) in [6.07, 6.45) is 5.57. The van der Waals surface area contributed by atoms with E-state index in [0.717, 1.165) is 17.9 Å². The Bertz CT molecular complexity index is 690.